The summed E-state index contributed by atoms with van der Waals surface area (Å²) in [6.07, 6.45) is 0.887. The van der Waals surface area contributed by atoms with Gasteiger partial charge in [-0.25, -0.2) is 4.79 Å². The summed E-state index contributed by atoms with van der Waals surface area (Å²) in [5, 5.41) is 10.3. The van der Waals surface area contributed by atoms with Gasteiger partial charge in [-0.05, 0) is 47.9 Å². The van der Waals surface area contributed by atoms with Crippen LogP contribution in [-0.2, 0) is 13.0 Å². The summed E-state index contributed by atoms with van der Waals surface area (Å²) in [5.41, 5.74) is 3.84. The Hall–Kier alpha value is -2.43. The second-order valence-corrected chi connectivity index (χ2v) is 8.64. The van der Waals surface area contributed by atoms with Crippen LogP contribution in [0, 0.1) is 0 Å². The number of hydrogen-bond donors (Lipinski definition) is 1. The summed E-state index contributed by atoms with van der Waals surface area (Å²) in [6, 6.07) is 23.7. The Bertz CT molecular complexity index is 990. The fourth-order valence-electron chi connectivity index (χ4n) is 3.51. The zero-order valence-corrected chi connectivity index (χ0v) is 16.8. The van der Waals surface area contributed by atoms with Crippen molar-refractivity contribution in [2.75, 3.05) is 11.4 Å². The molecule has 5 heteroatoms. The van der Waals surface area contributed by atoms with Crippen molar-refractivity contribution in [3.8, 4) is 0 Å². The number of anilines is 1. The van der Waals surface area contributed by atoms with Crippen LogP contribution in [0.4, 0.5) is 5.69 Å². The van der Waals surface area contributed by atoms with Gasteiger partial charge in [0.05, 0.1) is 11.3 Å². The Balaban J connectivity index is 1.56. The van der Waals surface area contributed by atoms with Crippen LogP contribution < -0.4 is 4.90 Å². The highest BCUT2D eigenvalue weighted by Crippen LogP contribution is 2.40. The molecule has 0 bridgehead atoms. The van der Waals surface area contributed by atoms with Crippen molar-refractivity contribution >= 4 is 35.0 Å². The Morgan fingerprint density at radius 1 is 1.04 bits per heavy atom. The van der Waals surface area contributed by atoms with Crippen molar-refractivity contribution in [1.82, 2.24) is 0 Å². The highest BCUT2D eigenvalue weighted by molar-refractivity contribution is 8.00. The van der Waals surface area contributed by atoms with Crippen LogP contribution in [0.3, 0.4) is 0 Å². The van der Waals surface area contributed by atoms with Gasteiger partial charge in [0.15, 0.2) is 0 Å². The number of aromatic carboxylic acids is 1. The molecule has 0 saturated carbocycles. The third-order valence-electron chi connectivity index (χ3n) is 4.91. The van der Waals surface area contributed by atoms with Gasteiger partial charge in [0.2, 0.25) is 0 Å². The van der Waals surface area contributed by atoms with Gasteiger partial charge in [-0.2, -0.15) is 0 Å². The van der Waals surface area contributed by atoms with E-state index < -0.39 is 5.97 Å². The molecule has 1 heterocycles. The van der Waals surface area contributed by atoms with Crippen LogP contribution in [-0.4, -0.2) is 22.9 Å². The van der Waals surface area contributed by atoms with Gasteiger partial charge in [0, 0.05) is 28.3 Å². The van der Waals surface area contributed by atoms with E-state index in [4.69, 9.17) is 16.7 Å². The fraction of sp³-hybridized carbons (Fsp3) is 0.174. The lowest BCUT2D eigenvalue weighted by Crippen LogP contribution is -2.35. The van der Waals surface area contributed by atoms with Gasteiger partial charge in [0.25, 0.3) is 0 Å². The third-order valence-corrected chi connectivity index (χ3v) is 6.52. The lowest BCUT2D eigenvalue weighted by Gasteiger charge is -2.36. The minimum absolute atomic E-state index is 0.325. The van der Waals surface area contributed by atoms with Crippen LogP contribution in [0.15, 0.2) is 77.7 Å². The van der Waals surface area contributed by atoms with Crippen molar-refractivity contribution in [1.29, 1.82) is 0 Å². The fourth-order valence-corrected chi connectivity index (χ4v) is 5.07. The van der Waals surface area contributed by atoms with Crippen LogP contribution in [0.1, 0.15) is 21.5 Å². The van der Waals surface area contributed by atoms with Gasteiger partial charge >= 0.3 is 5.97 Å². The lowest BCUT2D eigenvalue weighted by molar-refractivity contribution is 0.0697. The predicted octanol–water partition coefficient (Wildman–Crippen LogP) is 5.76. The molecule has 0 spiro atoms. The molecule has 28 heavy (non-hydrogen) atoms. The first-order valence-electron chi connectivity index (χ1n) is 9.16. The third kappa shape index (κ3) is 4.18. The van der Waals surface area contributed by atoms with Crippen LogP contribution in [0.25, 0.3) is 0 Å². The average Bonchev–Trinajstić information content (AvgIpc) is 2.70. The Labute approximate surface area is 174 Å². The van der Waals surface area contributed by atoms with Gasteiger partial charge < -0.3 is 10.0 Å². The first kappa shape index (κ1) is 18.9. The predicted molar refractivity (Wildman–Crippen MR) is 116 cm³/mol. The maximum absolute atomic E-state index is 11.1. The van der Waals surface area contributed by atoms with Crippen molar-refractivity contribution < 1.29 is 9.90 Å². The molecule has 0 radical (unpaired) electrons. The first-order chi connectivity index (χ1) is 13.6. The smallest absolute Gasteiger partial charge is 0.335 e. The summed E-state index contributed by atoms with van der Waals surface area (Å²) in [7, 11) is 0. The number of nitrogens with zero attached hydrogens (tertiary/aromatic N) is 1. The van der Waals surface area contributed by atoms with Crippen LogP contribution >= 0.6 is 23.4 Å². The number of para-hydroxylation sites is 1. The molecule has 1 aliphatic heterocycles. The van der Waals surface area contributed by atoms with Crippen molar-refractivity contribution in [3.63, 3.8) is 0 Å². The van der Waals surface area contributed by atoms with Crippen molar-refractivity contribution in [2.45, 2.75) is 23.1 Å². The normalized spacial score (nSPS) is 15.9. The summed E-state index contributed by atoms with van der Waals surface area (Å²) in [4.78, 5) is 14.7. The molecular formula is C23H20ClNO2S. The number of thioether (sulfide) groups is 1. The molecule has 0 fully saturated rings. The molecule has 0 saturated heterocycles. The highest BCUT2D eigenvalue weighted by atomic mass is 35.5. The minimum Gasteiger partial charge on any atom is -0.478 e. The molecule has 3 aromatic carbocycles. The number of halogens is 1. The van der Waals surface area contributed by atoms with E-state index in [0.29, 0.717) is 10.8 Å². The first-order valence-corrected chi connectivity index (χ1v) is 10.4. The van der Waals surface area contributed by atoms with E-state index in [1.807, 2.05) is 42.1 Å². The van der Waals surface area contributed by atoms with E-state index >= 15 is 0 Å². The van der Waals surface area contributed by atoms with Crippen molar-refractivity contribution in [3.05, 3.63) is 94.5 Å². The molecule has 3 aromatic rings. The van der Waals surface area contributed by atoms with E-state index in [9.17, 15) is 4.79 Å². The zero-order valence-electron chi connectivity index (χ0n) is 15.2. The van der Waals surface area contributed by atoms with E-state index in [1.54, 1.807) is 12.1 Å². The van der Waals surface area contributed by atoms with Gasteiger partial charge in [-0.1, -0.05) is 54.1 Å². The largest absolute Gasteiger partial charge is 0.478 e. The SMILES string of the molecule is O=C(O)c1ccc(CC2CN(Cc3ccccc3Cl)c3ccccc3S2)cc1. The number of benzene rings is 3. The molecule has 3 nitrogen and oxygen atoms in total. The number of rotatable bonds is 5. The number of carboxylic acid groups (broad SMARTS) is 1. The summed E-state index contributed by atoms with van der Waals surface area (Å²) < 4.78 is 0. The Morgan fingerprint density at radius 2 is 1.75 bits per heavy atom. The van der Waals surface area contributed by atoms with Crippen LogP contribution in [0.2, 0.25) is 5.02 Å². The maximum atomic E-state index is 11.1. The molecule has 4 rings (SSSR count). The van der Waals surface area contributed by atoms with Gasteiger partial charge in [-0.3, -0.25) is 0 Å². The number of fused-ring (bicyclic) bond motifs is 1. The maximum Gasteiger partial charge on any atom is 0.335 e. The second kappa shape index (κ2) is 8.29. The topological polar surface area (TPSA) is 40.5 Å². The van der Waals surface area contributed by atoms with E-state index in [2.05, 4.69) is 35.2 Å². The molecule has 1 aliphatic rings. The molecule has 1 unspecified atom stereocenters. The summed E-state index contributed by atoms with van der Waals surface area (Å²) in [6.45, 7) is 1.68. The molecule has 142 valence electrons. The quantitative estimate of drug-likeness (QED) is 0.581. The Morgan fingerprint density at radius 3 is 2.50 bits per heavy atom. The molecular weight excluding hydrogens is 390 g/mol. The van der Waals surface area contributed by atoms with Crippen molar-refractivity contribution in [2.24, 2.45) is 0 Å². The molecule has 1 N–H and O–H groups in total. The number of carboxylic acids is 1. The lowest BCUT2D eigenvalue weighted by atomic mass is 10.1. The number of carbonyl (C=O) groups is 1. The standard InChI is InChI=1S/C23H20ClNO2S/c24-20-6-2-1-5-18(20)14-25-15-19(28-22-8-4-3-7-21(22)25)13-16-9-11-17(12-10-16)23(26)27/h1-12,19H,13-15H2,(H,26,27). The summed E-state index contributed by atoms with van der Waals surface area (Å²) >= 11 is 8.29. The van der Waals surface area contributed by atoms with Gasteiger partial charge in [-0.15, -0.1) is 11.8 Å². The molecule has 0 aliphatic carbocycles. The molecule has 1 atom stereocenters. The van der Waals surface area contributed by atoms with E-state index in [-0.39, 0.29) is 0 Å². The second-order valence-electron chi connectivity index (χ2n) is 6.89. The summed E-state index contributed by atoms with van der Waals surface area (Å²) in [5.74, 6) is -0.890. The molecule has 0 aromatic heterocycles. The van der Waals surface area contributed by atoms with Crippen LogP contribution in [0.5, 0.6) is 0 Å². The average molecular weight is 410 g/mol. The molecule has 0 amide bonds. The zero-order chi connectivity index (χ0) is 19.5. The van der Waals surface area contributed by atoms with E-state index in [0.717, 1.165) is 35.7 Å². The monoisotopic (exact) mass is 409 g/mol. The van der Waals surface area contributed by atoms with E-state index in [1.165, 1.54) is 10.6 Å². The minimum atomic E-state index is -0.890. The van der Waals surface area contributed by atoms with Gasteiger partial charge in [0.1, 0.15) is 0 Å². The Kier molecular flexibility index (Phi) is 5.60. The highest BCUT2D eigenvalue weighted by Gasteiger charge is 2.25. The number of hydrogen-bond acceptors (Lipinski definition) is 3.